The molecule has 1 amide bonds. The summed E-state index contributed by atoms with van der Waals surface area (Å²) in [6.07, 6.45) is 0. The van der Waals surface area contributed by atoms with Crippen LogP contribution in [0.3, 0.4) is 0 Å². The summed E-state index contributed by atoms with van der Waals surface area (Å²) in [5.74, 6) is 7.38. The lowest BCUT2D eigenvalue weighted by Gasteiger charge is -2.17. The van der Waals surface area contributed by atoms with E-state index in [-0.39, 0.29) is 10.7 Å². The Hall–Kier alpha value is -2.12. The van der Waals surface area contributed by atoms with Crippen molar-refractivity contribution in [2.24, 2.45) is 0 Å². The predicted molar refractivity (Wildman–Crippen MR) is 95.7 cm³/mol. The molecule has 0 bridgehead atoms. The molecule has 0 atom stereocenters. The van der Waals surface area contributed by atoms with Crippen molar-refractivity contribution in [3.05, 3.63) is 59.5 Å². The van der Waals surface area contributed by atoms with Crippen LogP contribution in [0.5, 0.6) is 0 Å². The second kappa shape index (κ2) is 7.94. The van der Waals surface area contributed by atoms with Gasteiger partial charge in [-0.25, -0.2) is 0 Å². The van der Waals surface area contributed by atoms with E-state index >= 15 is 0 Å². The van der Waals surface area contributed by atoms with E-state index in [1.807, 2.05) is 42.1 Å². The third kappa shape index (κ3) is 6.25. The zero-order valence-electron chi connectivity index (χ0n) is 13.7. The van der Waals surface area contributed by atoms with Crippen molar-refractivity contribution in [2.75, 3.05) is 12.3 Å². The first-order chi connectivity index (χ1) is 10.9. The number of carbonyl (C=O) groups is 1. The number of rotatable bonds is 4. The van der Waals surface area contributed by atoms with Crippen LogP contribution in [0.4, 0.5) is 0 Å². The highest BCUT2D eigenvalue weighted by atomic mass is 32.2. The molecule has 4 heteroatoms. The van der Waals surface area contributed by atoms with Crippen LogP contribution >= 0.6 is 11.8 Å². The highest BCUT2D eigenvalue weighted by Crippen LogP contribution is 2.22. The van der Waals surface area contributed by atoms with E-state index in [9.17, 15) is 4.79 Å². The van der Waals surface area contributed by atoms with Gasteiger partial charge in [-0.2, -0.15) is 11.8 Å². The monoisotopic (exact) mass is 327 g/mol. The van der Waals surface area contributed by atoms with Crippen LogP contribution < -0.4 is 5.32 Å². The molecule has 0 saturated carbocycles. The molecule has 3 nitrogen and oxygen atoms in total. The van der Waals surface area contributed by atoms with Crippen molar-refractivity contribution in [3.63, 3.8) is 0 Å². The van der Waals surface area contributed by atoms with Crippen LogP contribution in [-0.4, -0.2) is 23.0 Å². The lowest BCUT2D eigenvalue weighted by Crippen LogP contribution is -2.26. The fourth-order valence-corrected chi connectivity index (χ4v) is 2.61. The molecule has 0 radical (unpaired) electrons. The van der Waals surface area contributed by atoms with Crippen LogP contribution in [0.15, 0.2) is 46.9 Å². The molecule has 2 aromatic rings. The van der Waals surface area contributed by atoms with Gasteiger partial charge < -0.3 is 9.73 Å². The molecule has 0 spiro atoms. The fraction of sp³-hybridized carbons (Fsp3) is 0.316. The molecule has 0 fully saturated rings. The third-order valence-corrected chi connectivity index (χ3v) is 4.13. The summed E-state index contributed by atoms with van der Waals surface area (Å²) in [5, 5.41) is 2.86. The summed E-state index contributed by atoms with van der Waals surface area (Å²) in [5.41, 5.74) is 0.911. The topological polar surface area (TPSA) is 42.2 Å². The maximum atomic E-state index is 12.0. The molecule has 2 rings (SSSR count). The molecule has 1 aromatic heterocycles. The Morgan fingerprint density at radius 1 is 1.13 bits per heavy atom. The Morgan fingerprint density at radius 2 is 1.87 bits per heavy atom. The Bertz CT molecular complexity index is 702. The van der Waals surface area contributed by atoms with Crippen molar-refractivity contribution >= 4 is 17.7 Å². The average Bonchev–Trinajstić information content (AvgIpc) is 2.98. The molecular weight excluding hydrogens is 306 g/mol. The van der Waals surface area contributed by atoms with Gasteiger partial charge in [0.25, 0.3) is 5.91 Å². The molecule has 1 aromatic carbocycles. The number of amides is 1. The van der Waals surface area contributed by atoms with Crippen molar-refractivity contribution in [3.8, 4) is 11.8 Å². The minimum Gasteiger partial charge on any atom is -0.443 e. The first-order valence-electron chi connectivity index (χ1n) is 7.53. The van der Waals surface area contributed by atoms with Crippen molar-refractivity contribution < 1.29 is 9.21 Å². The van der Waals surface area contributed by atoms with Gasteiger partial charge in [0.15, 0.2) is 11.5 Å². The van der Waals surface area contributed by atoms with Gasteiger partial charge >= 0.3 is 0 Å². The van der Waals surface area contributed by atoms with Crippen molar-refractivity contribution in [1.29, 1.82) is 0 Å². The highest BCUT2D eigenvalue weighted by Gasteiger charge is 2.12. The number of furan rings is 1. The molecule has 0 aliphatic heterocycles. The largest absolute Gasteiger partial charge is 0.443 e. The second-order valence-corrected chi connectivity index (χ2v) is 7.92. The lowest BCUT2D eigenvalue weighted by molar-refractivity contribution is 0.0928. The number of hydrogen-bond donors (Lipinski definition) is 1. The van der Waals surface area contributed by atoms with Crippen LogP contribution in [0.25, 0.3) is 0 Å². The normalized spacial score (nSPS) is 10.7. The summed E-state index contributed by atoms with van der Waals surface area (Å²) in [7, 11) is 0. The standard InChI is InChI=1S/C19H21NO2S/c1-19(2,3)23-14-13-20-18(21)17-12-11-16(22-17)10-9-15-7-5-4-6-8-15/h4-8,11-12H,13-14H2,1-3H3,(H,20,21). The molecule has 0 unspecified atom stereocenters. The first-order valence-corrected chi connectivity index (χ1v) is 8.52. The maximum absolute atomic E-state index is 12.0. The van der Waals surface area contributed by atoms with E-state index in [1.54, 1.807) is 12.1 Å². The molecule has 1 N–H and O–H groups in total. The number of benzene rings is 1. The predicted octanol–water partition coefficient (Wildman–Crippen LogP) is 3.94. The SMILES string of the molecule is CC(C)(C)SCCNC(=O)c1ccc(C#Cc2ccccc2)o1. The van der Waals surface area contributed by atoms with E-state index in [4.69, 9.17) is 4.42 Å². The van der Waals surface area contributed by atoms with Gasteiger partial charge in [-0.1, -0.05) is 44.9 Å². The summed E-state index contributed by atoms with van der Waals surface area (Å²) < 4.78 is 5.68. The summed E-state index contributed by atoms with van der Waals surface area (Å²) in [6, 6.07) is 13.0. The summed E-state index contributed by atoms with van der Waals surface area (Å²) >= 11 is 1.81. The van der Waals surface area contributed by atoms with Gasteiger partial charge in [0.1, 0.15) is 0 Å². The summed E-state index contributed by atoms with van der Waals surface area (Å²) in [4.78, 5) is 12.0. The smallest absolute Gasteiger partial charge is 0.287 e. The van der Waals surface area contributed by atoms with Crippen LogP contribution in [0.2, 0.25) is 0 Å². The van der Waals surface area contributed by atoms with Crippen LogP contribution in [-0.2, 0) is 0 Å². The van der Waals surface area contributed by atoms with E-state index in [1.165, 1.54) is 0 Å². The van der Waals surface area contributed by atoms with Crippen LogP contribution in [0, 0.1) is 11.8 Å². The Labute approximate surface area is 141 Å². The van der Waals surface area contributed by atoms with E-state index < -0.39 is 0 Å². The Morgan fingerprint density at radius 3 is 2.57 bits per heavy atom. The fourth-order valence-electron chi connectivity index (χ4n) is 1.79. The Balaban J connectivity index is 1.87. The van der Waals surface area contributed by atoms with Crippen LogP contribution in [0.1, 0.15) is 42.6 Å². The van der Waals surface area contributed by atoms with Gasteiger partial charge in [-0.3, -0.25) is 4.79 Å². The molecule has 0 aliphatic rings. The first kappa shape index (κ1) is 17.2. The second-order valence-electron chi connectivity index (χ2n) is 6.00. The molecule has 120 valence electrons. The molecule has 0 aliphatic carbocycles. The number of nitrogens with one attached hydrogen (secondary N) is 1. The van der Waals surface area contributed by atoms with Crippen molar-refractivity contribution in [2.45, 2.75) is 25.5 Å². The number of thioether (sulfide) groups is 1. The van der Waals surface area contributed by atoms with Gasteiger partial charge in [-0.15, -0.1) is 0 Å². The minimum absolute atomic E-state index is 0.202. The number of hydrogen-bond acceptors (Lipinski definition) is 3. The van der Waals surface area contributed by atoms with Gasteiger partial charge in [0, 0.05) is 22.6 Å². The molecule has 23 heavy (non-hydrogen) atoms. The molecule has 1 heterocycles. The maximum Gasteiger partial charge on any atom is 0.287 e. The quantitative estimate of drug-likeness (QED) is 0.683. The minimum atomic E-state index is -0.202. The average molecular weight is 327 g/mol. The Kier molecular flexibility index (Phi) is 5.95. The van der Waals surface area contributed by atoms with Gasteiger partial charge in [0.05, 0.1) is 0 Å². The van der Waals surface area contributed by atoms with E-state index in [0.29, 0.717) is 18.1 Å². The highest BCUT2D eigenvalue weighted by molar-refractivity contribution is 8.00. The van der Waals surface area contributed by atoms with E-state index in [2.05, 4.69) is 37.9 Å². The third-order valence-electron chi connectivity index (χ3n) is 2.86. The lowest BCUT2D eigenvalue weighted by atomic mass is 10.2. The zero-order valence-corrected chi connectivity index (χ0v) is 14.5. The zero-order chi connectivity index (χ0) is 16.7. The molecular formula is C19H21NO2S. The van der Waals surface area contributed by atoms with E-state index in [0.717, 1.165) is 11.3 Å². The van der Waals surface area contributed by atoms with Crippen molar-refractivity contribution in [1.82, 2.24) is 5.32 Å². The van der Waals surface area contributed by atoms with Gasteiger partial charge in [-0.05, 0) is 30.2 Å². The number of carbonyl (C=O) groups excluding carboxylic acids is 1. The summed E-state index contributed by atoms with van der Waals surface area (Å²) in [6.45, 7) is 7.09. The van der Waals surface area contributed by atoms with Gasteiger partial charge in [0.2, 0.25) is 0 Å². The molecule has 0 saturated heterocycles.